The third-order valence-corrected chi connectivity index (χ3v) is 15.9. The predicted octanol–water partition coefficient (Wildman–Crippen LogP) is 18.5. The van der Waals surface area contributed by atoms with Gasteiger partial charge in [0.1, 0.15) is 0 Å². The van der Waals surface area contributed by atoms with Gasteiger partial charge in [-0.05, 0) is 144 Å². The molecule has 376 valence electrons. The van der Waals surface area contributed by atoms with Gasteiger partial charge in [0.15, 0.2) is 0 Å². The Hall–Kier alpha value is -9.12. The first-order valence-electron chi connectivity index (χ1n) is 27.4. The zero-order chi connectivity index (χ0) is 53.1. The molecule has 13 rings (SSSR count). The maximum Gasteiger partial charge on any atom is 0.252 e. The average Bonchev–Trinajstić information content (AvgIpc) is 3.08. The number of benzene rings is 11. The van der Waals surface area contributed by atoms with Gasteiger partial charge in [0.05, 0.1) is 5.69 Å². The van der Waals surface area contributed by atoms with Crippen molar-refractivity contribution in [2.45, 2.75) is 52.4 Å². The molecule has 2 heterocycles. The Morgan fingerprint density at radius 3 is 0.962 bits per heavy atom. The summed E-state index contributed by atoms with van der Waals surface area (Å²) in [5.74, 6) is 0. The molecule has 0 saturated carbocycles. The van der Waals surface area contributed by atoms with E-state index in [1.54, 1.807) is 0 Å². The maximum atomic E-state index is 2.57. The van der Waals surface area contributed by atoms with Crippen LogP contribution >= 0.6 is 0 Å². The van der Waals surface area contributed by atoms with E-state index in [0.29, 0.717) is 0 Å². The third kappa shape index (κ3) is 8.68. The lowest BCUT2D eigenvalue weighted by molar-refractivity contribution is 0.587. The van der Waals surface area contributed by atoms with Gasteiger partial charge in [-0.2, -0.15) is 0 Å². The average molecular weight is 1000 g/mol. The molecule has 11 aromatic carbocycles. The molecule has 0 spiro atoms. The molecular formula is C74H62BN3. The van der Waals surface area contributed by atoms with Crippen molar-refractivity contribution in [2.24, 2.45) is 0 Å². The van der Waals surface area contributed by atoms with Gasteiger partial charge < -0.3 is 14.7 Å². The largest absolute Gasteiger partial charge is 0.311 e. The summed E-state index contributed by atoms with van der Waals surface area (Å²) in [5, 5.41) is 0. The van der Waals surface area contributed by atoms with Crippen LogP contribution in [0.1, 0.15) is 52.7 Å². The van der Waals surface area contributed by atoms with Crippen molar-refractivity contribution >= 4 is 74.3 Å². The van der Waals surface area contributed by atoms with E-state index in [1.165, 1.54) is 72.0 Å². The van der Waals surface area contributed by atoms with Crippen LogP contribution in [-0.4, -0.2) is 6.71 Å². The number of rotatable bonds is 9. The number of hydrogen-bond acceptors (Lipinski definition) is 3. The van der Waals surface area contributed by atoms with Crippen LogP contribution in [0.25, 0.3) is 44.5 Å². The van der Waals surface area contributed by atoms with E-state index >= 15 is 0 Å². The minimum absolute atomic E-state index is 0.127. The van der Waals surface area contributed by atoms with E-state index in [2.05, 4.69) is 323 Å². The number of para-hydroxylation sites is 2. The van der Waals surface area contributed by atoms with Crippen LogP contribution in [0.3, 0.4) is 0 Å². The van der Waals surface area contributed by atoms with E-state index in [4.69, 9.17) is 0 Å². The second-order valence-corrected chi connectivity index (χ2v) is 23.0. The molecule has 2 aliphatic rings. The molecule has 3 nitrogen and oxygen atoms in total. The summed E-state index contributed by atoms with van der Waals surface area (Å²) in [4.78, 5) is 7.69. The molecule has 0 amide bonds. The highest BCUT2D eigenvalue weighted by Crippen LogP contribution is 2.51. The van der Waals surface area contributed by atoms with Gasteiger partial charge in [-0.3, -0.25) is 0 Å². The van der Waals surface area contributed by atoms with E-state index < -0.39 is 0 Å². The van der Waals surface area contributed by atoms with Crippen molar-refractivity contribution in [2.75, 3.05) is 14.7 Å². The Morgan fingerprint density at radius 1 is 0.295 bits per heavy atom. The Labute approximate surface area is 461 Å². The van der Waals surface area contributed by atoms with Crippen LogP contribution in [-0.2, 0) is 10.8 Å². The third-order valence-electron chi connectivity index (χ3n) is 15.9. The van der Waals surface area contributed by atoms with E-state index in [0.717, 1.165) is 51.2 Å². The molecule has 4 heteroatoms. The van der Waals surface area contributed by atoms with E-state index in [1.807, 2.05) is 0 Å². The predicted molar refractivity (Wildman–Crippen MR) is 334 cm³/mol. The van der Waals surface area contributed by atoms with Gasteiger partial charge >= 0.3 is 0 Å². The van der Waals surface area contributed by atoms with Crippen molar-refractivity contribution in [3.63, 3.8) is 0 Å². The lowest BCUT2D eigenvalue weighted by Crippen LogP contribution is -2.61. The number of hydrogen-bond donors (Lipinski definition) is 0. The van der Waals surface area contributed by atoms with E-state index in [9.17, 15) is 0 Å². The second-order valence-electron chi connectivity index (χ2n) is 23.0. The lowest BCUT2D eigenvalue weighted by Gasteiger charge is -2.45. The van der Waals surface area contributed by atoms with Crippen molar-refractivity contribution < 1.29 is 0 Å². The van der Waals surface area contributed by atoms with Gasteiger partial charge in [-0.1, -0.05) is 248 Å². The summed E-state index contributed by atoms with van der Waals surface area (Å²) in [7, 11) is 0. The highest BCUT2D eigenvalue weighted by molar-refractivity contribution is 7.00. The molecule has 2 aliphatic heterocycles. The van der Waals surface area contributed by atoms with Crippen LogP contribution in [0, 0.1) is 0 Å². The molecular weight excluding hydrogens is 942 g/mol. The molecule has 78 heavy (non-hydrogen) atoms. The van der Waals surface area contributed by atoms with E-state index in [-0.39, 0.29) is 17.5 Å². The summed E-state index contributed by atoms with van der Waals surface area (Å²) < 4.78 is 0. The Balaban J connectivity index is 1.16. The molecule has 0 N–H and O–H groups in total. The van der Waals surface area contributed by atoms with Crippen LogP contribution in [0.5, 0.6) is 0 Å². The van der Waals surface area contributed by atoms with Crippen molar-refractivity contribution in [1.82, 2.24) is 0 Å². The summed E-state index contributed by atoms with van der Waals surface area (Å²) in [6.07, 6.45) is 0. The molecule has 0 saturated heterocycles. The Morgan fingerprint density at radius 2 is 0.603 bits per heavy atom. The van der Waals surface area contributed by atoms with Gasteiger partial charge in [-0.25, -0.2) is 0 Å². The van der Waals surface area contributed by atoms with Crippen LogP contribution in [0.2, 0.25) is 0 Å². The van der Waals surface area contributed by atoms with Crippen LogP contribution in [0.4, 0.5) is 51.2 Å². The maximum absolute atomic E-state index is 2.57. The standard InChI is InChI=1S/C74H62BN3/c1-73(2,3)62-31-19-21-33-66(62)78(67-34-22-20-32-63(67)74(4,5)6)61-49-70-72-71(50-61)77(60-43-37-56(38-44-60)52-25-13-8-14-26-52)69-46-40-58(54-29-17-10-18-30-54)48-65(69)75(72)64-47-57(53-27-15-9-16-28-53)39-45-68(64)76(70)59-41-35-55(36-42-59)51-23-11-7-12-24-51/h7-50H,1-6H3. The quantitative estimate of drug-likeness (QED) is 0.133. The topological polar surface area (TPSA) is 9.72 Å². The number of fused-ring (bicyclic) bond motifs is 4. The van der Waals surface area contributed by atoms with Gasteiger partial charge in [0.2, 0.25) is 0 Å². The first-order valence-corrected chi connectivity index (χ1v) is 27.4. The van der Waals surface area contributed by atoms with Gasteiger partial charge in [-0.15, -0.1) is 0 Å². The first kappa shape index (κ1) is 48.5. The summed E-state index contributed by atoms with van der Waals surface area (Å²) >= 11 is 0. The minimum atomic E-state index is -0.164. The fourth-order valence-electron chi connectivity index (χ4n) is 12.2. The van der Waals surface area contributed by atoms with Gasteiger partial charge in [0, 0.05) is 45.5 Å². The lowest BCUT2D eigenvalue weighted by atomic mass is 9.33. The molecule has 0 unspecified atom stereocenters. The molecule has 0 fully saturated rings. The van der Waals surface area contributed by atoms with Crippen molar-refractivity contribution in [1.29, 1.82) is 0 Å². The smallest absolute Gasteiger partial charge is 0.252 e. The zero-order valence-electron chi connectivity index (χ0n) is 45.3. The molecule has 0 aliphatic carbocycles. The Kier molecular flexibility index (Phi) is 12.1. The summed E-state index contributed by atoms with van der Waals surface area (Å²) in [5.41, 5.74) is 25.8. The highest BCUT2D eigenvalue weighted by atomic mass is 15.2. The fourth-order valence-corrected chi connectivity index (χ4v) is 12.2. The molecule has 11 aromatic rings. The fraction of sp³-hybridized carbons (Fsp3) is 0.108. The second kappa shape index (κ2) is 19.5. The van der Waals surface area contributed by atoms with Crippen LogP contribution < -0.4 is 31.1 Å². The minimum Gasteiger partial charge on any atom is -0.311 e. The van der Waals surface area contributed by atoms with Crippen LogP contribution in [0.15, 0.2) is 267 Å². The summed E-state index contributed by atoms with van der Waals surface area (Å²) in [6, 6.07) is 99.1. The molecule has 0 aromatic heterocycles. The monoisotopic (exact) mass is 1000 g/mol. The number of anilines is 9. The zero-order valence-corrected chi connectivity index (χ0v) is 45.3. The van der Waals surface area contributed by atoms with Gasteiger partial charge in [0.25, 0.3) is 6.71 Å². The normalized spacial score (nSPS) is 12.7. The number of nitrogens with zero attached hydrogens (tertiary/aromatic N) is 3. The first-order chi connectivity index (χ1) is 38.0. The Bertz CT molecular complexity index is 3710. The SMILES string of the molecule is CC(C)(C)c1ccccc1N(c1cc2c3c(c1)N(c1ccc(-c4ccccc4)cc1)c1ccc(-c4ccccc4)cc1B3c1cc(-c3ccccc3)ccc1N2c1ccc(-c2ccccc2)cc1)c1ccccc1C(C)(C)C. The highest BCUT2D eigenvalue weighted by Gasteiger charge is 2.45. The van der Waals surface area contributed by atoms with Crippen molar-refractivity contribution in [3.8, 4) is 44.5 Å². The summed E-state index contributed by atoms with van der Waals surface area (Å²) in [6.45, 7) is 13.9. The van der Waals surface area contributed by atoms with Crippen molar-refractivity contribution in [3.05, 3.63) is 278 Å². The molecule has 0 bridgehead atoms. The molecule has 0 atom stereocenters. The molecule has 0 radical (unpaired) electrons.